The molecule has 0 unspecified atom stereocenters. The lowest BCUT2D eigenvalue weighted by atomic mass is 10.2. The Labute approximate surface area is 167 Å². The molecule has 2 aliphatic heterocycles. The quantitative estimate of drug-likeness (QED) is 0.720. The van der Waals surface area contributed by atoms with Crippen LogP contribution in [0.5, 0.6) is 10.9 Å². The highest BCUT2D eigenvalue weighted by atomic mass is 32.1. The molecule has 6 nitrogen and oxygen atoms in total. The number of likely N-dealkylation sites (tertiary alicyclic amines) is 2. The molecule has 5 rings (SSSR count). The first kappa shape index (κ1) is 17.6. The van der Waals surface area contributed by atoms with E-state index in [4.69, 9.17) is 9.84 Å². The molecule has 2 aromatic carbocycles. The smallest absolute Gasteiger partial charge is 0.279 e. The van der Waals surface area contributed by atoms with E-state index < -0.39 is 0 Å². The SMILES string of the molecule is O=C(CO)N1C[C@@H]2C[C@H]1CN2Cc1ccc(Oc2nc3ccccc3s2)cc1. The van der Waals surface area contributed by atoms with Gasteiger partial charge in [-0.2, -0.15) is 0 Å². The Bertz CT molecular complexity index is 971. The van der Waals surface area contributed by atoms with E-state index in [0.29, 0.717) is 11.2 Å². The lowest BCUT2D eigenvalue weighted by Gasteiger charge is -2.34. The zero-order valence-corrected chi connectivity index (χ0v) is 16.1. The Hall–Kier alpha value is -2.48. The minimum atomic E-state index is -0.390. The van der Waals surface area contributed by atoms with Crippen molar-refractivity contribution in [3.8, 4) is 10.9 Å². The van der Waals surface area contributed by atoms with Crippen LogP contribution in [0, 0.1) is 0 Å². The number of rotatable bonds is 5. The van der Waals surface area contributed by atoms with Gasteiger partial charge in [0.15, 0.2) is 0 Å². The average Bonchev–Trinajstić information content (AvgIpc) is 3.42. The molecule has 2 bridgehead atoms. The molecular weight excluding hydrogens is 374 g/mol. The molecule has 2 fully saturated rings. The number of para-hydroxylation sites is 1. The number of nitrogens with zero attached hydrogens (tertiary/aromatic N) is 3. The number of hydrogen-bond acceptors (Lipinski definition) is 6. The average molecular weight is 395 g/mol. The lowest BCUT2D eigenvalue weighted by molar-refractivity contribution is -0.136. The molecule has 0 saturated carbocycles. The number of ether oxygens (including phenoxy) is 1. The topological polar surface area (TPSA) is 65.9 Å². The maximum absolute atomic E-state index is 11.8. The summed E-state index contributed by atoms with van der Waals surface area (Å²) < 4.78 is 7.03. The van der Waals surface area contributed by atoms with Crippen molar-refractivity contribution in [2.45, 2.75) is 25.0 Å². The van der Waals surface area contributed by atoms with Crippen LogP contribution in [0.25, 0.3) is 10.2 Å². The molecule has 1 aromatic heterocycles. The number of benzene rings is 2. The van der Waals surface area contributed by atoms with Crippen LogP contribution < -0.4 is 4.74 Å². The summed E-state index contributed by atoms with van der Waals surface area (Å²) in [5, 5.41) is 9.73. The summed E-state index contributed by atoms with van der Waals surface area (Å²) >= 11 is 1.54. The van der Waals surface area contributed by atoms with Crippen molar-refractivity contribution < 1.29 is 14.6 Å². The van der Waals surface area contributed by atoms with Gasteiger partial charge in [0.25, 0.3) is 5.19 Å². The van der Waals surface area contributed by atoms with Gasteiger partial charge in [-0.15, -0.1) is 0 Å². The van der Waals surface area contributed by atoms with Crippen molar-refractivity contribution in [2.24, 2.45) is 0 Å². The second-order valence-electron chi connectivity index (χ2n) is 7.37. The summed E-state index contributed by atoms with van der Waals surface area (Å²) in [7, 11) is 0. The first-order chi connectivity index (χ1) is 13.7. The predicted octanol–water partition coefficient (Wildman–Crippen LogP) is 2.87. The molecule has 144 valence electrons. The number of fused-ring (bicyclic) bond motifs is 3. The van der Waals surface area contributed by atoms with Crippen LogP contribution in [-0.2, 0) is 11.3 Å². The van der Waals surface area contributed by atoms with Crippen LogP contribution in [0.1, 0.15) is 12.0 Å². The van der Waals surface area contributed by atoms with Crippen LogP contribution >= 0.6 is 11.3 Å². The summed E-state index contributed by atoms with van der Waals surface area (Å²) in [5.74, 6) is 0.633. The van der Waals surface area contributed by atoms with Crippen LogP contribution in [-0.4, -0.2) is 57.6 Å². The molecule has 0 aliphatic carbocycles. The highest BCUT2D eigenvalue weighted by Crippen LogP contribution is 2.33. The van der Waals surface area contributed by atoms with Crippen LogP contribution in [0.2, 0.25) is 0 Å². The number of carbonyl (C=O) groups excluding carboxylic acids is 1. The first-order valence-corrected chi connectivity index (χ1v) is 10.3. The number of hydrogen-bond donors (Lipinski definition) is 1. The lowest BCUT2D eigenvalue weighted by Crippen LogP contribution is -2.49. The van der Waals surface area contributed by atoms with Gasteiger partial charge in [-0.05, 0) is 36.2 Å². The second kappa shape index (κ2) is 7.16. The summed E-state index contributed by atoms with van der Waals surface area (Å²) in [6.45, 7) is 2.08. The van der Waals surface area contributed by atoms with Gasteiger partial charge in [0.05, 0.1) is 10.2 Å². The van der Waals surface area contributed by atoms with Gasteiger partial charge in [-0.1, -0.05) is 35.6 Å². The second-order valence-corrected chi connectivity index (χ2v) is 8.36. The Morgan fingerprint density at radius 1 is 1.14 bits per heavy atom. The number of amides is 1. The normalized spacial score (nSPS) is 21.5. The molecule has 1 N–H and O–H groups in total. The number of aliphatic hydroxyl groups excluding tert-OH is 1. The number of thiazole rings is 1. The van der Waals surface area contributed by atoms with Gasteiger partial charge in [-0.3, -0.25) is 9.69 Å². The fraction of sp³-hybridized carbons (Fsp3) is 0.333. The third-order valence-corrected chi connectivity index (χ3v) is 6.51. The van der Waals surface area contributed by atoms with E-state index in [9.17, 15) is 4.79 Å². The van der Waals surface area contributed by atoms with Crippen LogP contribution in [0.3, 0.4) is 0 Å². The van der Waals surface area contributed by atoms with Crippen molar-refractivity contribution >= 4 is 27.5 Å². The van der Waals surface area contributed by atoms with E-state index in [1.54, 1.807) is 11.3 Å². The molecular formula is C21H21N3O3S. The number of aliphatic hydroxyl groups is 1. The minimum absolute atomic E-state index is 0.150. The summed E-state index contributed by atoms with van der Waals surface area (Å²) in [5.41, 5.74) is 2.18. The molecule has 3 aromatic rings. The van der Waals surface area contributed by atoms with E-state index in [2.05, 4.69) is 22.0 Å². The minimum Gasteiger partial charge on any atom is -0.431 e. The van der Waals surface area contributed by atoms with E-state index >= 15 is 0 Å². The van der Waals surface area contributed by atoms with E-state index in [1.165, 1.54) is 5.56 Å². The first-order valence-electron chi connectivity index (χ1n) is 9.46. The van der Waals surface area contributed by atoms with E-state index in [0.717, 1.165) is 42.0 Å². The molecule has 2 saturated heterocycles. The largest absolute Gasteiger partial charge is 0.431 e. The van der Waals surface area contributed by atoms with Crippen molar-refractivity contribution in [2.75, 3.05) is 19.7 Å². The van der Waals surface area contributed by atoms with E-state index in [1.807, 2.05) is 41.3 Å². The van der Waals surface area contributed by atoms with Crippen LogP contribution in [0.15, 0.2) is 48.5 Å². The number of aromatic nitrogens is 1. The van der Waals surface area contributed by atoms with E-state index in [-0.39, 0.29) is 18.6 Å². The molecule has 1 amide bonds. The number of piperazine rings is 1. The summed E-state index contributed by atoms with van der Waals surface area (Å²) in [4.78, 5) is 20.5. The maximum atomic E-state index is 11.8. The van der Waals surface area contributed by atoms with Crippen molar-refractivity contribution in [3.05, 3.63) is 54.1 Å². The van der Waals surface area contributed by atoms with Crippen molar-refractivity contribution in [3.63, 3.8) is 0 Å². The standard InChI is InChI=1S/C21H21N3O3S/c25-13-20(26)24-12-15-9-16(24)11-23(15)10-14-5-7-17(8-6-14)27-21-22-18-3-1-2-4-19(18)28-21/h1-8,15-16,25H,9-13H2/t15-,16-/m0/s1. The number of carbonyl (C=O) groups is 1. The zero-order valence-electron chi connectivity index (χ0n) is 15.3. The van der Waals surface area contributed by atoms with Gasteiger partial charge < -0.3 is 14.7 Å². The Morgan fingerprint density at radius 3 is 2.68 bits per heavy atom. The van der Waals surface area contributed by atoms with Gasteiger partial charge in [-0.25, -0.2) is 4.98 Å². The molecule has 7 heteroatoms. The molecule has 3 heterocycles. The molecule has 2 atom stereocenters. The summed E-state index contributed by atoms with van der Waals surface area (Å²) in [6.07, 6.45) is 1.00. The molecule has 0 radical (unpaired) electrons. The Balaban J connectivity index is 1.21. The molecule has 28 heavy (non-hydrogen) atoms. The highest BCUT2D eigenvalue weighted by Gasteiger charge is 2.44. The maximum Gasteiger partial charge on any atom is 0.279 e. The zero-order chi connectivity index (χ0) is 19.1. The Kier molecular flexibility index (Phi) is 4.50. The fourth-order valence-electron chi connectivity index (χ4n) is 4.23. The highest BCUT2D eigenvalue weighted by molar-refractivity contribution is 7.20. The third-order valence-electron chi connectivity index (χ3n) is 5.60. The molecule has 0 spiro atoms. The van der Waals surface area contributed by atoms with Gasteiger partial charge in [0, 0.05) is 31.7 Å². The van der Waals surface area contributed by atoms with Gasteiger partial charge in [0.1, 0.15) is 12.4 Å². The summed E-state index contributed by atoms with van der Waals surface area (Å²) in [6, 6.07) is 16.8. The van der Waals surface area contributed by atoms with Crippen LogP contribution in [0.4, 0.5) is 0 Å². The fourth-order valence-corrected chi connectivity index (χ4v) is 5.07. The Morgan fingerprint density at radius 2 is 1.96 bits per heavy atom. The third kappa shape index (κ3) is 3.26. The van der Waals surface area contributed by atoms with Crippen molar-refractivity contribution in [1.82, 2.24) is 14.8 Å². The van der Waals surface area contributed by atoms with Gasteiger partial charge in [0.2, 0.25) is 5.91 Å². The molecule has 2 aliphatic rings. The monoisotopic (exact) mass is 395 g/mol. The van der Waals surface area contributed by atoms with Gasteiger partial charge >= 0.3 is 0 Å². The van der Waals surface area contributed by atoms with Crippen molar-refractivity contribution in [1.29, 1.82) is 0 Å². The predicted molar refractivity (Wildman–Crippen MR) is 108 cm³/mol.